The van der Waals surface area contributed by atoms with Gasteiger partial charge in [0.2, 0.25) is 0 Å². The monoisotopic (exact) mass is 560 g/mol. The van der Waals surface area contributed by atoms with E-state index in [-0.39, 0.29) is 0 Å². The lowest BCUT2D eigenvalue weighted by Gasteiger charge is -2.11. The van der Waals surface area contributed by atoms with Crippen LogP contribution in [-0.4, -0.2) is 0 Å². The largest absolute Gasteiger partial charge is 0.455 e. The van der Waals surface area contributed by atoms with Gasteiger partial charge < -0.3 is 4.42 Å². The fraction of sp³-hybridized carbons (Fsp3) is 0.0233. The van der Waals surface area contributed by atoms with Gasteiger partial charge in [0.05, 0.1) is 0 Å². The number of hydrogen-bond donors (Lipinski definition) is 0. The fourth-order valence-electron chi connectivity index (χ4n) is 7.07. The summed E-state index contributed by atoms with van der Waals surface area (Å²) in [6, 6.07) is 56.8. The minimum absolute atomic E-state index is 0.892. The second-order valence-corrected chi connectivity index (χ2v) is 11.6. The molecule has 9 rings (SSSR count). The molecule has 0 aliphatic heterocycles. The summed E-state index contributed by atoms with van der Waals surface area (Å²) < 4.78 is 6.46. The van der Waals surface area contributed by atoms with Gasteiger partial charge in [-0.15, -0.1) is 0 Å². The lowest BCUT2D eigenvalue weighted by atomic mass is 9.93. The Kier molecular flexibility index (Phi) is 5.64. The molecule has 1 aliphatic rings. The highest BCUT2D eigenvalue weighted by molar-refractivity contribution is 6.10. The molecule has 44 heavy (non-hydrogen) atoms. The Morgan fingerprint density at radius 1 is 0.341 bits per heavy atom. The highest BCUT2D eigenvalue weighted by Crippen LogP contribution is 2.47. The Morgan fingerprint density at radius 2 is 0.841 bits per heavy atom. The van der Waals surface area contributed by atoms with Crippen LogP contribution in [0.4, 0.5) is 0 Å². The van der Waals surface area contributed by atoms with Crippen LogP contribution in [0, 0.1) is 0 Å². The first-order valence-electron chi connectivity index (χ1n) is 15.2. The van der Waals surface area contributed by atoms with Crippen molar-refractivity contribution >= 4 is 21.9 Å². The number of benzene rings is 7. The van der Waals surface area contributed by atoms with Crippen molar-refractivity contribution in [3.05, 3.63) is 169 Å². The Hall–Kier alpha value is -5.66. The van der Waals surface area contributed by atoms with Crippen molar-refractivity contribution in [2.75, 3.05) is 0 Å². The van der Waals surface area contributed by atoms with E-state index in [1.54, 1.807) is 0 Å². The second kappa shape index (κ2) is 9.97. The molecule has 0 atom stereocenters. The molecule has 1 aliphatic carbocycles. The molecule has 0 bridgehead atoms. The van der Waals surface area contributed by atoms with Gasteiger partial charge in [0.15, 0.2) is 0 Å². The first-order valence-corrected chi connectivity index (χ1v) is 15.2. The summed E-state index contributed by atoms with van der Waals surface area (Å²) in [5.74, 6) is 0. The normalized spacial score (nSPS) is 12.0. The molecule has 1 aromatic heterocycles. The highest BCUT2D eigenvalue weighted by atomic mass is 16.3. The highest BCUT2D eigenvalue weighted by Gasteiger charge is 2.25. The summed E-state index contributed by atoms with van der Waals surface area (Å²) in [5, 5.41) is 2.33. The lowest BCUT2D eigenvalue weighted by molar-refractivity contribution is 0.670. The molecule has 0 spiro atoms. The molecule has 7 aromatic carbocycles. The summed E-state index contributed by atoms with van der Waals surface area (Å²) in [7, 11) is 0. The van der Waals surface area contributed by atoms with Gasteiger partial charge in [-0.05, 0) is 79.8 Å². The van der Waals surface area contributed by atoms with Crippen LogP contribution in [-0.2, 0) is 6.42 Å². The van der Waals surface area contributed by atoms with E-state index < -0.39 is 0 Å². The van der Waals surface area contributed by atoms with Crippen molar-refractivity contribution in [3.63, 3.8) is 0 Å². The number of para-hydroxylation sites is 2. The zero-order valence-electron chi connectivity index (χ0n) is 24.1. The number of rotatable bonds is 4. The first kappa shape index (κ1) is 24.9. The maximum absolute atomic E-state index is 6.46. The molecule has 0 amide bonds. The molecule has 0 saturated heterocycles. The van der Waals surface area contributed by atoms with Crippen molar-refractivity contribution in [1.82, 2.24) is 0 Å². The Labute approximate surface area is 256 Å². The minimum atomic E-state index is 0.892. The Bertz CT molecular complexity index is 2340. The third-order valence-corrected chi connectivity index (χ3v) is 9.19. The fourth-order valence-corrected chi connectivity index (χ4v) is 7.07. The van der Waals surface area contributed by atoms with E-state index in [2.05, 4.69) is 152 Å². The van der Waals surface area contributed by atoms with E-state index in [0.717, 1.165) is 28.5 Å². The average Bonchev–Trinajstić information content (AvgIpc) is 3.68. The molecule has 0 unspecified atom stereocenters. The van der Waals surface area contributed by atoms with Crippen LogP contribution in [0.2, 0.25) is 0 Å². The summed E-state index contributed by atoms with van der Waals surface area (Å²) in [4.78, 5) is 0. The number of furan rings is 1. The predicted octanol–water partition coefficient (Wildman–Crippen LogP) is 11.8. The Balaban J connectivity index is 1.11. The van der Waals surface area contributed by atoms with Gasteiger partial charge in [-0.1, -0.05) is 146 Å². The summed E-state index contributed by atoms with van der Waals surface area (Å²) in [6.07, 6.45) is 0.892. The third kappa shape index (κ3) is 3.94. The van der Waals surface area contributed by atoms with Gasteiger partial charge in [0.1, 0.15) is 11.2 Å². The minimum Gasteiger partial charge on any atom is -0.455 e. The molecular weight excluding hydrogens is 532 g/mol. The van der Waals surface area contributed by atoms with Crippen molar-refractivity contribution in [2.24, 2.45) is 0 Å². The molecule has 0 fully saturated rings. The molecule has 0 saturated carbocycles. The van der Waals surface area contributed by atoms with Crippen LogP contribution in [0.15, 0.2) is 162 Å². The van der Waals surface area contributed by atoms with Crippen molar-refractivity contribution < 1.29 is 4.42 Å². The van der Waals surface area contributed by atoms with Crippen LogP contribution in [0.5, 0.6) is 0 Å². The van der Waals surface area contributed by atoms with Gasteiger partial charge in [0.25, 0.3) is 0 Å². The van der Waals surface area contributed by atoms with Crippen LogP contribution in [0.25, 0.3) is 77.6 Å². The molecule has 8 aromatic rings. The molecule has 1 heterocycles. The van der Waals surface area contributed by atoms with E-state index in [0.29, 0.717) is 0 Å². The number of fused-ring (bicyclic) bond motifs is 6. The Morgan fingerprint density at radius 3 is 1.64 bits per heavy atom. The second-order valence-electron chi connectivity index (χ2n) is 11.6. The third-order valence-electron chi connectivity index (χ3n) is 9.19. The van der Waals surface area contributed by atoms with Gasteiger partial charge in [-0.2, -0.15) is 0 Å². The van der Waals surface area contributed by atoms with Crippen LogP contribution in [0.1, 0.15) is 11.1 Å². The standard InChI is InChI=1S/C43H28O/c1-2-10-28(11-3-1)29-22-24-30(25-23-29)31-12-6-13-32(26-31)33-15-7-16-34-35-17-8-18-36(41(35)27-40(33)34)38-19-9-20-39-37-14-4-5-21-42(37)44-43(38)39/h1-26H,27H2. The molecule has 206 valence electrons. The van der Waals surface area contributed by atoms with E-state index in [1.165, 1.54) is 66.6 Å². The average molecular weight is 561 g/mol. The quantitative estimate of drug-likeness (QED) is 0.209. The SMILES string of the molecule is c1ccc(-c2ccc(-c3cccc(-c4cccc5c4Cc4c-5cccc4-c4cccc5c4oc4ccccc45)c3)cc2)cc1. The van der Waals surface area contributed by atoms with Gasteiger partial charge in [-0.25, -0.2) is 0 Å². The molecule has 0 radical (unpaired) electrons. The predicted molar refractivity (Wildman–Crippen MR) is 184 cm³/mol. The van der Waals surface area contributed by atoms with Gasteiger partial charge in [-0.3, -0.25) is 0 Å². The molecule has 1 heteroatoms. The zero-order valence-corrected chi connectivity index (χ0v) is 24.1. The summed E-state index contributed by atoms with van der Waals surface area (Å²) in [5.41, 5.74) is 17.2. The summed E-state index contributed by atoms with van der Waals surface area (Å²) in [6.45, 7) is 0. The van der Waals surface area contributed by atoms with Crippen LogP contribution in [0.3, 0.4) is 0 Å². The van der Waals surface area contributed by atoms with Crippen molar-refractivity contribution in [1.29, 1.82) is 0 Å². The molecule has 1 nitrogen and oxygen atoms in total. The zero-order chi connectivity index (χ0) is 29.0. The van der Waals surface area contributed by atoms with Crippen LogP contribution < -0.4 is 0 Å². The van der Waals surface area contributed by atoms with Crippen molar-refractivity contribution in [2.45, 2.75) is 6.42 Å². The molecule has 0 N–H and O–H groups in total. The van der Waals surface area contributed by atoms with Gasteiger partial charge >= 0.3 is 0 Å². The first-order chi connectivity index (χ1) is 21.8. The van der Waals surface area contributed by atoms with E-state index in [4.69, 9.17) is 4.42 Å². The molecular formula is C43H28O. The van der Waals surface area contributed by atoms with Crippen LogP contribution >= 0.6 is 0 Å². The number of hydrogen-bond acceptors (Lipinski definition) is 1. The maximum atomic E-state index is 6.46. The summed E-state index contributed by atoms with van der Waals surface area (Å²) >= 11 is 0. The smallest absolute Gasteiger partial charge is 0.143 e. The topological polar surface area (TPSA) is 13.1 Å². The van der Waals surface area contributed by atoms with E-state index in [1.807, 2.05) is 6.07 Å². The maximum Gasteiger partial charge on any atom is 0.143 e. The van der Waals surface area contributed by atoms with Gasteiger partial charge in [0, 0.05) is 16.3 Å². The van der Waals surface area contributed by atoms with E-state index in [9.17, 15) is 0 Å². The van der Waals surface area contributed by atoms with Crippen molar-refractivity contribution in [3.8, 4) is 55.6 Å². The van der Waals surface area contributed by atoms with E-state index >= 15 is 0 Å². The lowest BCUT2D eigenvalue weighted by Crippen LogP contribution is -1.90.